The normalized spacial score (nSPS) is 11.1. The van der Waals surface area contributed by atoms with Crippen LogP contribution in [0.4, 0.5) is 5.69 Å². The van der Waals surface area contributed by atoms with E-state index < -0.39 is 0 Å². The van der Waals surface area contributed by atoms with Gasteiger partial charge in [-0.3, -0.25) is 9.59 Å². The fourth-order valence-corrected chi connectivity index (χ4v) is 2.63. The standard InChI is InChI=1S/C17H26N2O3/c1-5-19(6-2,10-11-22-13-20)12-16(21)18-17-14(3)8-7-9-15(17)4/h7-9,13H,5-6,10-12H2,1-4H3/p+1. The molecule has 0 saturated carbocycles. The Labute approximate surface area is 132 Å². The van der Waals surface area contributed by atoms with Gasteiger partial charge in [0.05, 0.1) is 13.1 Å². The molecule has 0 saturated heterocycles. The van der Waals surface area contributed by atoms with E-state index in [1.54, 1.807) is 0 Å². The van der Waals surface area contributed by atoms with Crippen molar-refractivity contribution >= 4 is 18.1 Å². The van der Waals surface area contributed by atoms with Crippen molar-refractivity contribution in [1.29, 1.82) is 0 Å². The van der Waals surface area contributed by atoms with Crippen LogP contribution >= 0.6 is 0 Å². The number of quaternary nitrogens is 1. The van der Waals surface area contributed by atoms with Gasteiger partial charge in [0.2, 0.25) is 0 Å². The molecule has 0 aromatic heterocycles. The number of likely N-dealkylation sites (N-methyl/N-ethyl adjacent to an activating group) is 1. The maximum absolute atomic E-state index is 12.4. The fourth-order valence-electron chi connectivity index (χ4n) is 2.63. The third kappa shape index (κ3) is 4.84. The first-order valence-corrected chi connectivity index (χ1v) is 7.74. The van der Waals surface area contributed by atoms with Gasteiger partial charge in [0.15, 0.2) is 6.54 Å². The summed E-state index contributed by atoms with van der Waals surface area (Å²) in [7, 11) is 0. The van der Waals surface area contributed by atoms with E-state index in [-0.39, 0.29) is 5.91 Å². The van der Waals surface area contributed by atoms with Crippen molar-refractivity contribution in [3.05, 3.63) is 29.3 Å². The molecule has 1 N–H and O–H groups in total. The molecule has 0 heterocycles. The van der Waals surface area contributed by atoms with Crippen LogP contribution in [0.2, 0.25) is 0 Å². The van der Waals surface area contributed by atoms with Gasteiger partial charge in [0.1, 0.15) is 13.2 Å². The molecule has 0 atom stereocenters. The molecule has 0 aliphatic heterocycles. The van der Waals surface area contributed by atoms with Crippen LogP contribution in [-0.2, 0) is 14.3 Å². The minimum atomic E-state index is -0.00722. The third-order valence-electron chi connectivity index (χ3n) is 4.32. The van der Waals surface area contributed by atoms with E-state index in [4.69, 9.17) is 4.74 Å². The van der Waals surface area contributed by atoms with E-state index in [2.05, 4.69) is 19.2 Å². The smallest absolute Gasteiger partial charge is 0.293 e. The zero-order valence-electron chi connectivity index (χ0n) is 14.0. The highest BCUT2D eigenvalue weighted by atomic mass is 16.5. The molecule has 122 valence electrons. The molecule has 0 aliphatic rings. The summed E-state index contributed by atoms with van der Waals surface area (Å²) in [4.78, 5) is 22.7. The Morgan fingerprint density at radius 2 is 1.82 bits per heavy atom. The maximum Gasteiger partial charge on any atom is 0.293 e. The molecule has 22 heavy (non-hydrogen) atoms. The van der Waals surface area contributed by atoms with Gasteiger partial charge in [0.25, 0.3) is 12.4 Å². The lowest BCUT2D eigenvalue weighted by molar-refractivity contribution is -0.917. The third-order valence-corrected chi connectivity index (χ3v) is 4.32. The van der Waals surface area contributed by atoms with E-state index >= 15 is 0 Å². The van der Waals surface area contributed by atoms with Crippen LogP contribution in [0.1, 0.15) is 25.0 Å². The van der Waals surface area contributed by atoms with Crippen LogP contribution in [0.3, 0.4) is 0 Å². The molecule has 1 aromatic rings. The van der Waals surface area contributed by atoms with Gasteiger partial charge in [-0.05, 0) is 38.8 Å². The summed E-state index contributed by atoms with van der Waals surface area (Å²) in [5, 5.41) is 3.03. The number of ether oxygens (including phenoxy) is 1. The molecule has 0 fully saturated rings. The summed E-state index contributed by atoms with van der Waals surface area (Å²) in [6, 6.07) is 5.96. The molecule has 0 aliphatic carbocycles. The number of hydrogen-bond acceptors (Lipinski definition) is 3. The van der Waals surface area contributed by atoms with Gasteiger partial charge in [0, 0.05) is 5.69 Å². The van der Waals surface area contributed by atoms with E-state index in [0.29, 0.717) is 30.7 Å². The van der Waals surface area contributed by atoms with Crippen molar-refractivity contribution in [2.45, 2.75) is 27.7 Å². The number of aryl methyl sites for hydroxylation is 2. The number of benzene rings is 1. The van der Waals surface area contributed by atoms with Crippen molar-refractivity contribution in [2.24, 2.45) is 0 Å². The minimum Gasteiger partial charge on any atom is -0.462 e. The summed E-state index contributed by atoms with van der Waals surface area (Å²) in [6.07, 6.45) is 0. The van der Waals surface area contributed by atoms with E-state index in [9.17, 15) is 9.59 Å². The fraction of sp³-hybridized carbons (Fsp3) is 0.529. The minimum absolute atomic E-state index is 0.00722. The van der Waals surface area contributed by atoms with Crippen LogP contribution in [-0.4, -0.2) is 49.6 Å². The Balaban J connectivity index is 2.77. The number of nitrogens with zero attached hydrogens (tertiary/aromatic N) is 1. The average molecular weight is 307 g/mol. The Bertz CT molecular complexity index is 490. The number of anilines is 1. The molecule has 0 radical (unpaired) electrons. The zero-order valence-corrected chi connectivity index (χ0v) is 14.0. The molecule has 5 nitrogen and oxygen atoms in total. The van der Waals surface area contributed by atoms with Gasteiger partial charge in [-0.1, -0.05) is 18.2 Å². The van der Waals surface area contributed by atoms with E-state index in [1.807, 2.05) is 32.0 Å². The van der Waals surface area contributed by atoms with E-state index in [1.165, 1.54) is 0 Å². The summed E-state index contributed by atoms with van der Waals surface area (Å²) in [5.41, 5.74) is 3.01. The summed E-state index contributed by atoms with van der Waals surface area (Å²) in [5.74, 6) is -0.00722. The zero-order chi connectivity index (χ0) is 16.6. The first-order chi connectivity index (χ1) is 10.5. The number of rotatable bonds is 9. The molecule has 0 spiro atoms. The molecule has 0 bridgehead atoms. The number of para-hydroxylation sites is 1. The summed E-state index contributed by atoms with van der Waals surface area (Å²) < 4.78 is 5.40. The lowest BCUT2D eigenvalue weighted by atomic mass is 10.1. The highest BCUT2D eigenvalue weighted by Gasteiger charge is 2.27. The average Bonchev–Trinajstić information content (AvgIpc) is 2.50. The molecule has 5 heteroatoms. The van der Waals surface area contributed by atoms with Crippen molar-refractivity contribution in [2.75, 3.05) is 38.1 Å². The first kappa shape index (κ1) is 18.2. The first-order valence-electron chi connectivity index (χ1n) is 7.74. The predicted molar refractivity (Wildman–Crippen MR) is 87.6 cm³/mol. The molecular formula is C17H27N2O3+. The predicted octanol–water partition coefficient (Wildman–Crippen LogP) is 2.27. The van der Waals surface area contributed by atoms with Crippen LogP contribution < -0.4 is 5.32 Å². The Kier molecular flexibility index (Phi) is 7.05. The maximum atomic E-state index is 12.4. The molecule has 1 amide bonds. The number of hydrogen-bond donors (Lipinski definition) is 1. The van der Waals surface area contributed by atoms with Crippen LogP contribution in [0.5, 0.6) is 0 Å². The largest absolute Gasteiger partial charge is 0.462 e. The number of carbonyl (C=O) groups excluding carboxylic acids is 2. The lowest BCUT2D eigenvalue weighted by Crippen LogP contribution is -2.53. The molecule has 0 unspecified atom stereocenters. The summed E-state index contributed by atoms with van der Waals surface area (Å²) in [6.45, 7) is 11.5. The molecular weight excluding hydrogens is 280 g/mol. The van der Waals surface area contributed by atoms with Gasteiger partial charge in [-0.15, -0.1) is 0 Å². The van der Waals surface area contributed by atoms with Crippen LogP contribution in [0.25, 0.3) is 0 Å². The number of amides is 1. The van der Waals surface area contributed by atoms with Gasteiger partial charge < -0.3 is 14.5 Å². The highest BCUT2D eigenvalue weighted by Crippen LogP contribution is 2.19. The number of nitrogens with one attached hydrogen (secondary N) is 1. The second-order valence-corrected chi connectivity index (χ2v) is 5.64. The molecule has 1 rings (SSSR count). The van der Waals surface area contributed by atoms with Crippen molar-refractivity contribution in [3.8, 4) is 0 Å². The van der Waals surface area contributed by atoms with Crippen molar-refractivity contribution < 1.29 is 18.8 Å². The van der Waals surface area contributed by atoms with Gasteiger partial charge in [-0.25, -0.2) is 0 Å². The Hall–Kier alpha value is -1.88. The van der Waals surface area contributed by atoms with Crippen LogP contribution in [0, 0.1) is 13.8 Å². The van der Waals surface area contributed by atoms with Crippen molar-refractivity contribution in [3.63, 3.8) is 0 Å². The quantitative estimate of drug-likeness (QED) is 0.432. The lowest BCUT2D eigenvalue weighted by Gasteiger charge is -2.35. The highest BCUT2D eigenvalue weighted by molar-refractivity contribution is 5.93. The van der Waals surface area contributed by atoms with Gasteiger partial charge >= 0.3 is 0 Å². The Morgan fingerprint density at radius 3 is 2.32 bits per heavy atom. The van der Waals surface area contributed by atoms with Crippen molar-refractivity contribution in [1.82, 2.24) is 0 Å². The SMILES string of the molecule is CC[N+](CC)(CCOC=O)CC(=O)Nc1c(C)cccc1C. The Morgan fingerprint density at radius 1 is 1.23 bits per heavy atom. The summed E-state index contributed by atoms with van der Waals surface area (Å²) >= 11 is 0. The van der Waals surface area contributed by atoms with Gasteiger partial charge in [-0.2, -0.15) is 0 Å². The van der Waals surface area contributed by atoms with E-state index in [0.717, 1.165) is 29.9 Å². The van der Waals surface area contributed by atoms with Crippen LogP contribution in [0.15, 0.2) is 18.2 Å². The second-order valence-electron chi connectivity index (χ2n) is 5.64. The number of carbonyl (C=O) groups is 2. The topological polar surface area (TPSA) is 55.4 Å². The second kappa shape index (κ2) is 8.54. The molecule has 1 aromatic carbocycles. The monoisotopic (exact) mass is 307 g/mol.